The molecule has 2 aliphatic heterocycles. The van der Waals surface area contributed by atoms with E-state index in [1.807, 2.05) is 27.8 Å². The van der Waals surface area contributed by atoms with Crippen LogP contribution in [0.1, 0.15) is 36.3 Å². The molecule has 23 heavy (non-hydrogen) atoms. The summed E-state index contributed by atoms with van der Waals surface area (Å²) in [6.45, 7) is 8.40. The van der Waals surface area contributed by atoms with Gasteiger partial charge in [0.2, 0.25) is 0 Å². The van der Waals surface area contributed by atoms with E-state index in [-0.39, 0.29) is 6.04 Å². The molecule has 0 aliphatic carbocycles. The summed E-state index contributed by atoms with van der Waals surface area (Å²) in [7, 11) is 2.05. The number of carbonyl (C=O) groups is 1. The van der Waals surface area contributed by atoms with Gasteiger partial charge in [-0.25, -0.2) is 9.97 Å². The molecule has 0 amide bonds. The molecule has 2 fully saturated rings. The number of aliphatic carboxylic acids is 1. The van der Waals surface area contributed by atoms with Gasteiger partial charge < -0.3 is 14.9 Å². The zero-order chi connectivity index (χ0) is 16.8. The second kappa shape index (κ2) is 5.74. The Hall–Kier alpha value is -1.69. The monoisotopic (exact) mass is 318 g/mol. The summed E-state index contributed by atoms with van der Waals surface area (Å²) < 4.78 is 0. The number of aryl methyl sites for hydroxylation is 2. The van der Waals surface area contributed by atoms with Gasteiger partial charge in [0.25, 0.3) is 0 Å². The molecule has 1 N–H and O–H groups in total. The molecule has 0 radical (unpaired) electrons. The molecule has 126 valence electrons. The Kier molecular flexibility index (Phi) is 4.04. The molecule has 2 saturated heterocycles. The SMILES string of the molecule is Cc1nc(C)c(C)c(N2CC[C@@]3(C(=O)O)CCCN(C)[C@@H]3C2)n1. The lowest BCUT2D eigenvalue weighted by Gasteiger charge is -2.52. The lowest BCUT2D eigenvalue weighted by molar-refractivity contribution is -0.158. The first-order valence-electron chi connectivity index (χ1n) is 8.35. The van der Waals surface area contributed by atoms with E-state index < -0.39 is 11.4 Å². The van der Waals surface area contributed by atoms with E-state index in [0.29, 0.717) is 6.42 Å². The van der Waals surface area contributed by atoms with Gasteiger partial charge in [0.05, 0.1) is 5.41 Å². The van der Waals surface area contributed by atoms with Crippen molar-refractivity contribution in [3.63, 3.8) is 0 Å². The minimum absolute atomic E-state index is 0.0393. The van der Waals surface area contributed by atoms with Crippen molar-refractivity contribution in [3.8, 4) is 0 Å². The average Bonchev–Trinajstić information content (AvgIpc) is 2.51. The standard InChI is InChI=1S/C17H26N4O2/c1-11-12(2)18-13(3)19-15(11)21-9-7-17(16(22)23)6-5-8-20(4)14(17)10-21/h14H,5-10H2,1-4H3,(H,22,23)/t14-,17+/m1/s1. The number of nitrogens with zero attached hydrogens (tertiary/aromatic N) is 4. The maximum absolute atomic E-state index is 12.0. The third-order valence-electron chi connectivity index (χ3n) is 5.73. The van der Waals surface area contributed by atoms with E-state index in [0.717, 1.165) is 55.4 Å². The number of likely N-dealkylation sites (tertiary alicyclic amines) is 1. The van der Waals surface area contributed by atoms with Gasteiger partial charge in [-0.3, -0.25) is 4.79 Å². The zero-order valence-electron chi connectivity index (χ0n) is 14.5. The largest absolute Gasteiger partial charge is 0.481 e. The van der Waals surface area contributed by atoms with Gasteiger partial charge in [0.1, 0.15) is 11.6 Å². The number of fused-ring (bicyclic) bond motifs is 1. The van der Waals surface area contributed by atoms with Crippen LogP contribution in [0.4, 0.5) is 5.82 Å². The third kappa shape index (κ3) is 2.59. The normalized spacial score (nSPS) is 28.5. The van der Waals surface area contributed by atoms with Crippen molar-refractivity contribution in [2.75, 3.05) is 31.6 Å². The molecule has 6 heteroatoms. The molecule has 0 unspecified atom stereocenters. The van der Waals surface area contributed by atoms with E-state index in [4.69, 9.17) is 0 Å². The first kappa shape index (κ1) is 16.2. The topological polar surface area (TPSA) is 69.6 Å². The molecule has 2 aliphatic rings. The number of hydrogen-bond donors (Lipinski definition) is 1. The van der Waals surface area contributed by atoms with Crippen molar-refractivity contribution in [2.24, 2.45) is 5.41 Å². The predicted octanol–water partition coefficient (Wildman–Crippen LogP) is 1.78. The van der Waals surface area contributed by atoms with Crippen molar-refractivity contribution in [2.45, 2.75) is 46.1 Å². The van der Waals surface area contributed by atoms with Crippen LogP contribution in [-0.4, -0.2) is 58.7 Å². The van der Waals surface area contributed by atoms with Crippen LogP contribution >= 0.6 is 0 Å². The molecular formula is C17H26N4O2. The first-order chi connectivity index (χ1) is 10.8. The lowest BCUT2D eigenvalue weighted by atomic mass is 9.68. The fourth-order valence-corrected chi connectivity index (χ4v) is 4.24. The van der Waals surface area contributed by atoms with Gasteiger partial charge in [-0.2, -0.15) is 0 Å². The molecule has 0 aromatic carbocycles. The van der Waals surface area contributed by atoms with Gasteiger partial charge >= 0.3 is 5.97 Å². The van der Waals surface area contributed by atoms with Crippen LogP contribution in [-0.2, 0) is 4.79 Å². The Bertz CT molecular complexity index is 633. The van der Waals surface area contributed by atoms with E-state index >= 15 is 0 Å². The zero-order valence-corrected chi connectivity index (χ0v) is 14.5. The molecule has 1 aromatic heterocycles. The number of likely N-dealkylation sites (N-methyl/N-ethyl adjacent to an activating group) is 1. The van der Waals surface area contributed by atoms with Crippen LogP contribution in [0.15, 0.2) is 0 Å². The highest BCUT2D eigenvalue weighted by molar-refractivity contribution is 5.76. The Morgan fingerprint density at radius 3 is 2.65 bits per heavy atom. The molecule has 0 spiro atoms. The van der Waals surface area contributed by atoms with Crippen LogP contribution in [0.5, 0.6) is 0 Å². The molecular weight excluding hydrogens is 292 g/mol. The number of piperidine rings is 2. The Morgan fingerprint density at radius 2 is 1.96 bits per heavy atom. The Balaban J connectivity index is 1.94. The maximum atomic E-state index is 12.0. The van der Waals surface area contributed by atoms with Gasteiger partial charge in [0, 0.05) is 30.4 Å². The summed E-state index contributed by atoms with van der Waals surface area (Å²) >= 11 is 0. The number of aromatic nitrogens is 2. The predicted molar refractivity (Wildman–Crippen MR) is 88.8 cm³/mol. The van der Waals surface area contributed by atoms with Crippen LogP contribution in [0.2, 0.25) is 0 Å². The van der Waals surface area contributed by atoms with E-state index in [9.17, 15) is 9.90 Å². The molecule has 2 atom stereocenters. The third-order valence-corrected chi connectivity index (χ3v) is 5.73. The van der Waals surface area contributed by atoms with E-state index in [2.05, 4.69) is 19.8 Å². The summed E-state index contributed by atoms with van der Waals surface area (Å²) in [5.41, 5.74) is 1.49. The smallest absolute Gasteiger partial charge is 0.311 e. The highest BCUT2D eigenvalue weighted by Gasteiger charge is 2.52. The van der Waals surface area contributed by atoms with Crippen LogP contribution in [0.25, 0.3) is 0 Å². The van der Waals surface area contributed by atoms with Crippen molar-refractivity contribution < 1.29 is 9.90 Å². The van der Waals surface area contributed by atoms with Crippen molar-refractivity contribution in [1.29, 1.82) is 0 Å². The number of hydrogen-bond acceptors (Lipinski definition) is 5. The maximum Gasteiger partial charge on any atom is 0.311 e. The van der Waals surface area contributed by atoms with Gasteiger partial charge in [-0.05, 0) is 53.6 Å². The molecule has 0 bridgehead atoms. The summed E-state index contributed by atoms with van der Waals surface area (Å²) in [5, 5.41) is 9.87. The average molecular weight is 318 g/mol. The number of anilines is 1. The minimum Gasteiger partial charge on any atom is -0.481 e. The number of carboxylic acid groups (broad SMARTS) is 1. The van der Waals surface area contributed by atoms with Crippen molar-refractivity contribution in [1.82, 2.24) is 14.9 Å². The molecule has 1 aromatic rings. The number of rotatable bonds is 2. The molecule has 3 rings (SSSR count). The minimum atomic E-state index is -0.638. The van der Waals surface area contributed by atoms with E-state index in [1.165, 1.54) is 0 Å². The first-order valence-corrected chi connectivity index (χ1v) is 8.35. The Labute approximate surface area is 137 Å². The van der Waals surface area contributed by atoms with Crippen LogP contribution in [0, 0.1) is 26.2 Å². The van der Waals surface area contributed by atoms with Gasteiger partial charge in [-0.15, -0.1) is 0 Å². The highest BCUT2D eigenvalue weighted by atomic mass is 16.4. The Morgan fingerprint density at radius 1 is 1.22 bits per heavy atom. The highest BCUT2D eigenvalue weighted by Crippen LogP contribution is 2.43. The van der Waals surface area contributed by atoms with Crippen LogP contribution < -0.4 is 4.90 Å². The fraction of sp³-hybridized carbons (Fsp3) is 0.706. The van der Waals surface area contributed by atoms with Gasteiger partial charge in [0.15, 0.2) is 0 Å². The molecule has 6 nitrogen and oxygen atoms in total. The van der Waals surface area contributed by atoms with Crippen LogP contribution in [0.3, 0.4) is 0 Å². The summed E-state index contributed by atoms with van der Waals surface area (Å²) in [6, 6.07) is 0.0393. The second-order valence-electron chi connectivity index (χ2n) is 7.06. The van der Waals surface area contributed by atoms with Crippen molar-refractivity contribution >= 4 is 11.8 Å². The second-order valence-corrected chi connectivity index (χ2v) is 7.06. The summed E-state index contributed by atoms with van der Waals surface area (Å²) in [5.74, 6) is 1.10. The van der Waals surface area contributed by atoms with Crippen molar-refractivity contribution in [3.05, 3.63) is 17.1 Å². The fourth-order valence-electron chi connectivity index (χ4n) is 4.24. The van der Waals surface area contributed by atoms with Gasteiger partial charge in [-0.1, -0.05) is 0 Å². The van der Waals surface area contributed by atoms with E-state index in [1.54, 1.807) is 0 Å². The number of carboxylic acids is 1. The quantitative estimate of drug-likeness (QED) is 0.896. The summed E-state index contributed by atoms with van der Waals surface area (Å²) in [4.78, 5) is 25.5. The summed E-state index contributed by atoms with van der Waals surface area (Å²) in [6.07, 6.45) is 2.43. The molecule has 3 heterocycles. The lowest BCUT2D eigenvalue weighted by Crippen LogP contribution is -2.63. The molecule has 0 saturated carbocycles.